The Balaban J connectivity index is 1.39. The molecule has 3 aliphatic rings. The van der Waals surface area contributed by atoms with E-state index in [9.17, 15) is 14.4 Å². The first-order chi connectivity index (χ1) is 14.8. The second-order valence-electron chi connectivity index (χ2n) is 9.63. The fraction of sp³-hybridized carbons (Fsp3) is 0.625. The summed E-state index contributed by atoms with van der Waals surface area (Å²) in [5.74, 6) is 0.0280. The zero-order chi connectivity index (χ0) is 22.2. The third-order valence-electron chi connectivity index (χ3n) is 7.63. The van der Waals surface area contributed by atoms with Gasteiger partial charge in [-0.2, -0.15) is 0 Å². The fourth-order valence-electron chi connectivity index (χ4n) is 5.61. The van der Waals surface area contributed by atoms with Crippen molar-refractivity contribution in [2.24, 2.45) is 0 Å². The van der Waals surface area contributed by atoms with E-state index in [0.717, 1.165) is 12.8 Å². The largest absolute Gasteiger partial charge is 0.354 e. The molecular formula is C24H34N4O3. The topological polar surface area (TPSA) is 73.0 Å². The Bertz CT molecular complexity index is 877. The molecule has 1 saturated carbocycles. The SMILES string of the molecule is CN(C)C1(CNC(=O)CCCN2C(=O)c3ccccc3N3C(=O)CCC23C)CCCC1. The lowest BCUT2D eigenvalue weighted by Crippen LogP contribution is -2.62. The molecule has 1 N–H and O–H groups in total. The number of nitrogens with one attached hydrogen (secondary N) is 1. The van der Waals surface area contributed by atoms with E-state index in [4.69, 9.17) is 0 Å². The Morgan fingerprint density at radius 1 is 1.13 bits per heavy atom. The molecule has 1 unspecified atom stereocenters. The standard InChI is InChI=1S/C24H34N4O3/c1-23-15-12-21(30)28(23)19-10-5-4-9-18(19)22(31)27(23)16-8-11-20(29)25-17-24(26(2)3)13-6-7-14-24/h4-5,9-10H,6-8,11-17H2,1-3H3,(H,25,29). The van der Waals surface area contributed by atoms with Crippen LogP contribution in [0.2, 0.25) is 0 Å². The number of nitrogens with zero attached hydrogens (tertiary/aromatic N) is 3. The number of anilines is 1. The predicted molar refractivity (Wildman–Crippen MR) is 120 cm³/mol. The van der Waals surface area contributed by atoms with Gasteiger partial charge in [0.1, 0.15) is 5.66 Å². The van der Waals surface area contributed by atoms with Crippen molar-refractivity contribution in [2.45, 2.75) is 69.5 Å². The molecule has 1 aromatic carbocycles. The molecule has 168 valence electrons. The van der Waals surface area contributed by atoms with Gasteiger partial charge in [-0.05, 0) is 58.8 Å². The molecule has 7 heteroatoms. The second-order valence-corrected chi connectivity index (χ2v) is 9.63. The van der Waals surface area contributed by atoms with Crippen molar-refractivity contribution in [1.29, 1.82) is 0 Å². The van der Waals surface area contributed by atoms with Crippen molar-refractivity contribution in [3.63, 3.8) is 0 Å². The molecule has 1 atom stereocenters. The summed E-state index contributed by atoms with van der Waals surface area (Å²) in [7, 11) is 4.18. The van der Waals surface area contributed by atoms with Crippen LogP contribution >= 0.6 is 0 Å². The van der Waals surface area contributed by atoms with Crippen LogP contribution in [0.25, 0.3) is 0 Å². The van der Waals surface area contributed by atoms with Crippen LogP contribution in [0.4, 0.5) is 5.69 Å². The molecular weight excluding hydrogens is 392 g/mol. The smallest absolute Gasteiger partial charge is 0.257 e. The summed E-state index contributed by atoms with van der Waals surface area (Å²) in [6, 6.07) is 7.33. The average Bonchev–Trinajstić information content (AvgIpc) is 3.35. The second kappa shape index (κ2) is 8.26. The minimum Gasteiger partial charge on any atom is -0.354 e. The van der Waals surface area contributed by atoms with E-state index in [2.05, 4.69) is 24.3 Å². The number of benzene rings is 1. The van der Waals surface area contributed by atoms with Gasteiger partial charge in [-0.1, -0.05) is 25.0 Å². The molecule has 1 aliphatic carbocycles. The van der Waals surface area contributed by atoms with Crippen molar-refractivity contribution in [3.05, 3.63) is 29.8 Å². The molecule has 2 fully saturated rings. The van der Waals surface area contributed by atoms with Crippen LogP contribution in [0.1, 0.15) is 68.6 Å². The first kappa shape index (κ1) is 21.8. The molecule has 2 aliphatic heterocycles. The molecule has 4 rings (SSSR count). The third kappa shape index (κ3) is 3.73. The highest BCUT2D eigenvalue weighted by Crippen LogP contribution is 2.44. The number of likely N-dealkylation sites (N-methyl/N-ethyl adjacent to an activating group) is 1. The molecule has 0 radical (unpaired) electrons. The van der Waals surface area contributed by atoms with Crippen LogP contribution in [0, 0.1) is 0 Å². The Morgan fingerprint density at radius 2 is 1.84 bits per heavy atom. The van der Waals surface area contributed by atoms with E-state index in [1.165, 1.54) is 12.8 Å². The monoisotopic (exact) mass is 426 g/mol. The average molecular weight is 427 g/mol. The van der Waals surface area contributed by atoms with E-state index >= 15 is 0 Å². The quantitative estimate of drug-likeness (QED) is 0.728. The van der Waals surface area contributed by atoms with E-state index in [0.29, 0.717) is 50.0 Å². The Morgan fingerprint density at radius 3 is 2.55 bits per heavy atom. The van der Waals surface area contributed by atoms with Gasteiger partial charge in [0.05, 0.1) is 11.3 Å². The Kier molecular flexibility index (Phi) is 5.81. The number of amides is 3. The van der Waals surface area contributed by atoms with Crippen molar-refractivity contribution < 1.29 is 14.4 Å². The van der Waals surface area contributed by atoms with Gasteiger partial charge in [0.25, 0.3) is 5.91 Å². The van der Waals surface area contributed by atoms with E-state index < -0.39 is 5.66 Å². The number of carbonyl (C=O) groups excluding carboxylic acids is 3. The molecule has 1 saturated heterocycles. The van der Waals surface area contributed by atoms with Crippen molar-refractivity contribution in [2.75, 3.05) is 32.1 Å². The lowest BCUT2D eigenvalue weighted by atomic mass is 9.96. The summed E-state index contributed by atoms with van der Waals surface area (Å²) >= 11 is 0. The van der Waals surface area contributed by atoms with E-state index in [1.807, 2.05) is 25.1 Å². The number of para-hydroxylation sites is 1. The number of carbonyl (C=O) groups is 3. The first-order valence-corrected chi connectivity index (χ1v) is 11.5. The fourth-order valence-corrected chi connectivity index (χ4v) is 5.61. The van der Waals surface area contributed by atoms with Crippen LogP contribution in [-0.2, 0) is 9.59 Å². The zero-order valence-corrected chi connectivity index (χ0v) is 18.9. The Labute approximate surface area is 184 Å². The zero-order valence-electron chi connectivity index (χ0n) is 18.9. The van der Waals surface area contributed by atoms with Crippen molar-refractivity contribution in [1.82, 2.24) is 15.1 Å². The molecule has 0 bridgehead atoms. The Hall–Kier alpha value is -2.41. The number of fused-ring (bicyclic) bond motifs is 3. The molecule has 7 nitrogen and oxygen atoms in total. The number of hydrogen-bond donors (Lipinski definition) is 1. The van der Waals surface area contributed by atoms with Crippen LogP contribution in [0.5, 0.6) is 0 Å². The van der Waals surface area contributed by atoms with Gasteiger partial charge >= 0.3 is 0 Å². The summed E-state index contributed by atoms with van der Waals surface area (Å²) in [6.07, 6.45) is 6.64. The number of hydrogen-bond acceptors (Lipinski definition) is 4. The van der Waals surface area contributed by atoms with E-state index in [-0.39, 0.29) is 23.3 Å². The maximum atomic E-state index is 13.2. The van der Waals surface area contributed by atoms with Gasteiger partial charge in [0.2, 0.25) is 11.8 Å². The highest BCUT2D eigenvalue weighted by Gasteiger charge is 2.52. The van der Waals surface area contributed by atoms with Gasteiger partial charge in [0.15, 0.2) is 0 Å². The number of rotatable bonds is 7. The highest BCUT2D eigenvalue weighted by atomic mass is 16.2. The molecule has 0 spiro atoms. The minimum absolute atomic E-state index is 0.0301. The third-order valence-corrected chi connectivity index (χ3v) is 7.63. The first-order valence-electron chi connectivity index (χ1n) is 11.5. The molecule has 0 aromatic heterocycles. The predicted octanol–water partition coefficient (Wildman–Crippen LogP) is 2.76. The maximum absolute atomic E-state index is 13.2. The summed E-state index contributed by atoms with van der Waals surface area (Å²) < 4.78 is 0. The normalized spacial score (nSPS) is 24.5. The van der Waals surface area contributed by atoms with Gasteiger partial charge in [0, 0.05) is 31.5 Å². The van der Waals surface area contributed by atoms with Crippen LogP contribution in [0.15, 0.2) is 24.3 Å². The van der Waals surface area contributed by atoms with Gasteiger partial charge < -0.3 is 15.1 Å². The molecule has 3 amide bonds. The van der Waals surface area contributed by atoms with Crippen LogP contribution in [0.3, 0.4) is 0 Å². The summed E-state index contributed by atoms with van der Waals surface area (Å²) in [5, 5.41) is 3.13. The molecule has 31 heavy (non-hydrogen) atoms. The summed E-state index contributed by atoms with van der Waals surface area (Å²) in [6.45, 7) is 3.10. The summed E-state index contributed by atoms with van der Waals surface area (Å²) in [5.41, 5.74) is 0.684. The lowest BCUT2D eigenvalue weighted by molar-refractivity contribution is -0.122. The molecule has 1 aromatic rings. The lowest BCUT2D eigenvalue weighted by Gasteiger charge is -2.48. The maximum Gasteiger partial charge on any atom is 0.257 e. The van der Waals surface area contributed by atoms with Gasteiger partial charge in [-0.3, -0.25) is 19.3 Å². The summed E-state index contributed by atoms with van der Waals surface area (Å²) in [4.78, 5) is 44.2. The molecule has 2 heterocycles. The van der Waals surface area contributed by atoms with E-state index in [1.54, 1.807) is 15.9 Å². The van der Waals surface area contributed by atoms with Crippen molar-refractivity contribution in [3.8, 4) is 0 Å². The van der Waals surface area contributed by atoms with Gasteiger partial charge in [-0.25, -0.2) is 0 Å². The minimum atomic E-state index is -0.655. The van der Waals surface area contributed by atoms with Crippen molar-refractivity contribution >= 4 is 23.4 Å². The van der Waals surface area contributed by atoms with Crippen LogP contribution < -0.4 is 10.2 Å². The highest BCUT2D eigenvalue weighted by molar-refractivity contribution is 6.10. The van der Waals surface area contributed by atoms with Gasteiger partial charge in [-0.15, -0.1) is 0 Å². The van der Waals surface area contributed by atoms with Crippen LogP contribution in [-0.4, -0.2) is 65.9 Å².